The molecule has 156 valence electrons. The Morgan fingerprint density at radius 1 is 0.893 bits per heavy atom. The van der Waals surface area contributed by atoms with Gasteiger partial charge in [-0.05, 0) is 18.1 Å². The van der Waals surface area contributed by atoms with Crippen molar-refractivity contribution in [2.75, 3.05) is 0 Å². The molecular formula is C18H23F3O6Si. The summed E-state index contributed by atoms with van der Waals surface area (Å²) in [6.45, 7) is 4.53. The third-order valence-electron chi connectivity index (χ3n) is 3.65. The summed E-state index contributed by atoms with van der Waals surface area (Å²) in [6.07, 6.45) is -4.70. The third-order valence-corrected chi connectivity index (χ3v) is 6.13. The Bertz CT molecular complexity index is 659. The van der Waals surface area contributed by atoms with E-state index in [0.717, 1.165) is 12.1 Å². The number of hydrogen-bond acceptors (Lipinski definition) is 6. The molecule has 6 nitrogen and oxygen atoms in total. The number of carbonyl (C=O) groups is 3. The first kappa shape index (κ1) is 23.7. The zero-order valence-electron chi connectivity index (χ0n) is 15.9. The lowest BCUT2D eigenvalue weighted by Gasteiger charge is -2.27. The molecule has 0 aliphatic carbocycles. The van der Waals surface area contributed by atoms with Crippen molar-refractivity contribution in [3.63, 3.8) is 0 Å². The molecular weight excluding hydrogens is 397 g/mol. The van der Waals surface area contributed by atoms with Crippen LogP contribution in [0.3, 0.4) is 0 Å². The van der Waals surface area contributed by atoms with Gasteiger partial charge in [0.2, 0.25) is 0 Å². The first-order valence-corrected chi connectivity index (χ1v) is 10.8. The van der Waals surface area contributed by atoms with Crippen LogP contribution in [0.4, 0.5) is 13.2 Å². The van der Waals surface area contributed by atoms with Gasteiger partial charge in [0.1, 0.15) is 0 Å². The fourth-order valence-electron chi connectivity index (χ4n) is 2.15. The number of alkyl halides is 3. The Morgan fingerprint density at radius 2 is 1.36 bits per heavy atom. The molecule has 0 amide bonds. The van der Waals surface area contributed by atoms with Crippen LogP contribution in [0.1, 0.15) is 51.2 Å². The highest BCUT2D eigenvalue weighted by molar-refractivity contribution is 6.65. The van der Waals surface area contributed by atoms with Gasteiger partial charge in [0.05, 0.1) is 11.6 Å². The van der Waals surface area contributed by atoms with Crippen LogP contribution in [0.5, 0.6) is 0 Å². The number of halogens is 3. The average Bonchev–Trinajstić information content (AvgIpc) is 2.65. The van der Waals surface area contributed by atoms with Crippen LogP contribution >= 0.6 is 0 Å². The lowest BCUT2D eigenvalue weighted by Crippen LogP contribution is -2.50. The average molecular weight is 420 g/mol. The van der Waals surface area contributed by atoms with E-state index in [9.17, 15) is 27.6 Å². The molecule has 0 spiro atoms. The largest absolute Gasteiger partial charge is 0.705 e. The summed E-state index contributed by atoms with van der Waals surface area (Å²) < 4.78 is 54.4. The van der Waals surface area contributed by atoms with Crippen LogP contribution in [0.2, 0.25) is 6.04 Å². The second-order valence-electron chi connectivity index (χ2n) is 5.86. The van der Waals surface area contributed by atoms with Crippen molar-refractivity contribution in [3.05, 3.63) is 35.4 Å². The minimum atomic E-state index is -4.51. The highest BCUT2D eigenvalue weighted by Crippen LogP contribution is 2.30. The van der Waals surface area contributed by atoms with Gasteiger partial charge in [-0.3, -0.25) is 14.4 Å². The summed E-state index contributed by atoms with van der Waals surface area (Å²) in [5, 5.41) is 0. The Balaban J connectivity index is 3.16. The maximum atomic E-state index is 12.9. The Labute approximate surface area is 162 Å². The quantitative estimate of drug-likeness (QED) is 0.561. The predicted octanol–water partition coefficient (Wildman–Crippen LogP) is 4.05. The zero-order chi connectivity index (χ0) is 21.4. The number of aryl methyl sites for hydroxylation is 1. The first-order chi connectivity index (χ1) is 13.0. The zero-order valence-corrected chi connectivity index (χ0v) is 16.9. The minimum absolute atomic E-state index is 0.0406. The number of carbonyl (C=O) groups excluding carboxylic acids is 3. The number of hydrogen-bond donors (Lipinski definition) is 0. The van der Waals surface area contributed by atoms with Crippen molar-refractivity contribution in [1.29, 1.82) is 0 Å². The van der Waals surface area contributed by atoms with Crippen molar-refractivity contribution in [1.82, 2.24) is 0 Å². The molecule has 0 aliphatic rings. The van der Waals surface area contributed by atoms with E-state index in [0.29, 0.717) is 0 Å². The third kappa shape index (κ3) is 7.33. The maximum absolute atomic E-state index is 12.9. The molecule has 0 radical (unpaired) electrons. The van der Waals surface area contributed by atoms with Gasteiger partial charge in [-0.2, -0.15) is 13.2 Å². The molecule has 0 fully saturated rings. The number of rotatable bonds is 9. The Morgan fingerprint density at radius 3 is 1.75 bits per heavy atom. The topological polar surface area (TPSA) is 78.9 Å². The van der Waals surface area contributed by atoms with Crippen LogP contribution in [0.15, 0.2) is 24.3 Å². The second kappa shape index (κ2) is 10.3. The lowest BCUT2D eigenvalue weighted by molar-refractivity contribution is -0.150. The Hall–Kier alpha value is -2.36. The van der Waals surface area contributed by atoms with Gasteiger partial charge < -0.3 is 13.3 Å². The minimum Gasteiger partial charge on any atom is -0.455 e. The van der Waals surface area contributed by atoms with Gasteiger partial charge in [-0.1, -0.05) is 39.0 Å². The van der Waals surface area contributed by atoms with E-state index in [4.69, 9.17) is 13.3 Å². The van der Waals surface area contributed by atoms with Crippen molar-refractivity contribution in [3.8, 4) is 0 Å². The fourth-order valence-corrected chi connectivity index (χ4v) is 4.65. The summed E-state index contributed by atoms with van der Waals surface area (Å²) in [4.78, 5) is 35.5. The summed E-state index contributed by atoms with van der Waals surface area (Å²) in [7, 11) is -4.12. The maximum Gasteiger partial charge on any atom is 0.705 e. The summed E-state index contributed by atoms with van der Waals surface area (Å²) in [5.41, 5.74) is -0.557. The van der Waals surface area contributed by atoms with Crippen LogP contribution in [-0.4, -0.2) is 26.7 Å². The second-order valence-corrected chi connectivity index (χ2v) is 8.34. The van der Waals surface area contributed by atoms with Crippen molar-refractivity contribution in [2.45, 2.75) is 58.7 Å². The normalized spacial score (nSPS) is 11.6. The molecule has 0 atom stereocenters. The molecule has 1 rings (SSSR count). The summed E-state index contributed by atoms with van der Waals surface area (Å²) in [5.74, 6) is -2.20. The molecule has 0 heterocycles. The monoisotopic (exact) mass is 420 g/mol. The molecule has 0 bridgehead atoms. The Kier molecular flexibility index (Phi) is 8.67. The molecule has 0 N–H and O–H groups in total. The molecule has 1 aromatic rings. The molecule has 28 heavy (non-hydrogen) atoms. The van der Waals surface area contributed by atoms with E-state index in [-0.39, 0.29) is 37.3 Å². The van der Waals surface area contributed by atoms with E-state index in [1.54, 1.807) is 0 Å². The van der Waals surface area contributed by atoms with Crippen molar-refractivity contribution >= 4 is 26.7 Å². The van der Waals surface area contributed by atoms with E-state index in [1.807, 2.05) is 0 Å². The lowest BCUT2D eigenvalue weighted by atomic mass is 10.1. The molecule has 0 saturated heterocycles. The van der Waals surface area contributed by atoms with Gasteiger partial charge in [0.15, 0.2) is 0 Å². The molecule has 0 saturated carbocycles. The standard InChI is InChI=1S/C18H23F3O6Si/c1-4-15(22)25-28(26-16(23)5-2,27-17(24)6-3)11-10-13-8-7-9-14(12-13)18(19,20)21/h7-9,12H,4-6,10-11H2,1-3H3. The molecule has 1 aromatic carbocycles. The fraction of sp³-hybridized carbons (Fsp3) is 0.500. The van der Waals surface area contributed by atoms with Gasteiger partial charge in [-0.15, -0.1) is 0 Å². The van der Waals surface area contributed by atoms with Gasteiger partial charge in [0, 0.05) is 19.3 Å². The van der Waals surface area contributed by atoms with Gasteiger partial charge >= 0.3 is 15.0 Å². The van der Waals surface area contributed by atoms with Crippen LogP contribution in [0.25, 0.3) is 0 Å². The predicted molar refractivity (Wildman–Crippen MR) is 94.9 cm³/mol. The summed E-state index contributed by atoms with van der Waals surface area (Å²) >= 11 is 0. The van der Waals surface area contributed by atoms with E-state index < -0.39 is 38.5 Å². The smallest absolute Gasteiger partial charge is 0.455 e. The van der Waals surface area contributed by atoms with Crippen LogP contribution < -0.4 is 0 Å². The molecule has 0 unspecified atom stereocenters. The van der Waals surface area contributed by atoms with Crippen molar-refractivity contribution < 1.29 is 40.8 Å². The molecule has 0 aromatic heterocycles. The highest BCUT2D eigenvalue weighted by atomic mass is 28.4. The van der Waals surface area contributed by atoms with Crippen LogP contribution in [-0.2, 0) is 40.3 Å². The van der Waals surface area contributed by atoms with E-state index in [1.165, 1.54) is 32.9 Å². The SMILES string of the molecule is CCC(=O)O[Si](CCc1cccc(C(F)(F)F)c1)(OC(=O)CC)OC(=O)CC. The number of benzene rings is 1. The van der Waals surface area contributed by atoms with Crippen molar-refractivity contribution in [2.24, 2.45) is 0 Å². The van der Waals surface area contributed by atoms with E-state index in [2.05, 4.69) is 0 Å². The highest BCUT2D eigenvalue weighted by Gasteiger charge is 2.52. The summed E-state index contributed by atoms with van der Waals surface area (Å²) in [6, 6.07) is 4.37. The van der Waals surface area contributed by atoms with E-state index >= 15 is 0 Å². The molecule has 0 aliphatic heterocycles. The molecule has 10 heteroatoms. The van der Waals surface area contributed by atoms with Crippen LogP contribution in [0, 0.1) is 0 Å². The first-order valence-electron chi connectivity index (χ1n) is 8.86. The van der Waals surface area contributed by atoms with Gasteiger partial charge in [0.25, 0.3) is 17.9 Å². The van der Waals surface area contributed by atoms with Gasteiger partial charge in [-0.25, -0.2) is 0 Å².